The van der Waals surface area contributed by atoms with E-state index in [1.165, 1.54) is 27.4 Å². The number of furan rings is 2. The summed E-state index contributed by atoms with van der Waals surface area (Å²) >= 11 is 0. The standard InChI is InChI=1S/C66H45N3O.C48H34N2O/c1-5-16-51(17-6-1)67(52-18-7-2-8-19-52)55-36-28-46(29-37-55)49-34-42-63-61(44-49)60-26-15-25-58(48-32-40-56(41-33-48)68(53-20-9-3-10-21-53)54-22-11-4-12-23-54)66(60)69(63)57-38-30-47(31-39-57)50-35-43-65-62(45-50)59-24-13-14-27-64(59)70-65;1-5-14-38(15-6-1)49(39-16-7-2-8-17-39)42-29-24-35(25-30-42)37-28-33-47-46(34-37)45-23-13-22-44(48(45)51-47)36-26-31-43(32-27-36)50(40-18-9-3-10-19-40)41-20-11-4-12-21-41/h1-45H;1-34H. The third-order valence-corrected chi connectivity index (χ3v) is 23.0. The van der Waals surface area contributed by atoms with Gasteiger partial charge < -0.3 is 33.0 Å². The predicted molar refractivity (Wildman–Crippen MR) is 508 cm³/mol. The zero-order valence-electron chi connectivity index (χ0n) is 66.2. The van der Waals surface area contributed by atoms with Gasteiger partial charge in [0.2, 0.25) is 0 Å². The summed E-state index contributed by atoms with van der Waals surface area (Å²) in [7, 11) is 0. The van der Waals surface area contributed by atoms with Crippen LogP contribution in [0, 0.1) is 0 Å². The van der Waals surface area contributed by atoms with Crippen LogP contribution in [-0.2, 0) is 0 Å². The van der Waals surface area contributed by atoms with E-state index < -0.39 is 0 Å². The maximum atomic E-state index is 6.58. The molecule has 121 heavy (non-hydrogen) atoms. The SMILES string of the molecule is c1ccc(N(c2ccccc2)c2ccc(-c3ccc4c(c3)c3cccc(-c5ccc(N(c6ccccc6)c6ccccc6)cc5)c3n4-c3ccc(-c4ccc5oc6ccccc6c5c4)cc3)cc2)cc1.c1ccc(N(c2ccccc2)c2ccc(-c3ccc4oc5c(-c6ccc(N(c7ccccc7)c7ccccc7)cc6)cccc5c4c3)cc2)cc1. The van der Waals surface area contributed by atoms with Crippen LogP contribution in [-0.4, -0.2) is 4.57 Å². The third kappa shape index (κ3) is 14.1. The van der Waals surface area contributed by atoms with Crippen LogP contribution in [0.25, 0.3) is 127 Å². The van der Waals surface area contributed by atoms with Crippen molar-refractivity contribution in [2.45, 2.75) is 0 Å². The van der Waals surface area contributed by atoms with Gasteiger partial charge in [-0.1, -0.05) is 279 Å². The number of para-hydroxylation sites is 11. The smallest absolute Gasteiger partial charge is 0.143 e. The highest BCUT2D eigenvalue weighted by Crippen LogP contribution is 2.46. The summed E-state index contributed by atoms with van der Waals surface area (Å²) in [6.07, 6.45) is 0. The van der Waals surface area contributed by atoms with Crippen molar-refractivity contribution >= 4 is 134 Å². The maximum absolute atomic E-state index is 6.58. The van der Waals surface area contributed by atoms with Crippen LogP contribution in [0.5, 0.6) is 0 Å². The summed E-state index contributed by atoms with van der Waals surface area (Å²) in [5, 5.41) is 6.88. The Morgan fingerprint density at radius 2 is 0.438 bits per heavy atom. The molecule has 0 radical (unpaired) electrons. The van der Waals surface area contributed by atoms with Crippen molar-refractivity contribution in [3.63, 3.8) is 0 Å². The summed E-state index contributed by atoms with van der Waals surface area (Å²) < 4.78 is 15.2. The Balaban J connectivity index is 0.000000157. The van der Waals surface area contributed by atoms with Crippen LogP contribution in [0.4, 0.5) is 68.2 Å². The molecule has 0 N–H and O–H groups in total. The molecule has 0 unspecified atom stereocenters. The quantitative estimate of drug-likeness (QED) is 0.0853. The monoisotopic (exact) mass is 1550 g/mol. The van der Waals surface area contributed by atoms with Gasteiger partial charge in [0.25, 0.3) is 0 Å². The van der Waals surface area contributed by atoms with Gasteiger partial charge in [-0.2, -0.15) is 0 Å². The molecule has 0 saturated carbocycles. The third-order valence-electron chi connectivity index (χ3n) is 23.0. The van der Waals surface area contributed by atoms with E-state index in [0.29, 0.717) is 0 Å². The van der Waals surface area contributed by atoms with Crippen LogP contribution in [0.1, 0.15) is 0 Å². The van der Waals surface area contributed by atoms with Gasteiger partial charge in [-0.3, -0.25) is 0 Å². The van der Waals surface area contributed by atoms with Crippen LogP contribution in [0.2, 0.25) is 0 Å². The largest absolute Gasteiger partial charge is 0.456 e. The first-order valence-corrected chi connectivity index (χ1v) is 41.1. The molecule has 0 aliphatic heterocycles. The van der Waals surface area contributed by atoms with Crippen molar-refractivity contribution in [1.82, 2.24) is 4.57 Å². The second-order valence-electron chi connectivity index (χ2n) is 30.3. The highest BCUT2D eigenvalue weighted by Gasteiger charge is 2.23. The van der Waals surface area contributed by atoms with E-state index in [4.69, 9.17) is 8.83 Å². The highest BCUT2D eigenvalue weighted by molar-refractivity contribution is 6.15. The lowest BCUT2D eigenvalue weighted by atomic mass is 9.99. The van der Waals surface area contributed by atoms with E-state index in [9.17, 15) is 0 Å². The molecule has 7 heteroatoms. The van der Waals surface area contributed by atoms with Gasteiger partial charge >= 0.3 is 0 Å². The molecule has 0 amide bonds. The van der Waals surface area contributed by atoms with Gasteiger partial charge in [-0.15, -0.1) is 0 Å². The highest BCUT2D eigenvalue weighted by atomic mass is 16.3. The summed E-state index contributed by atoms with van der Waals surface area (Å²) in [6, 6.07) is 170. The number of rotatable bonds is 18. The number of fused-ring (bicyclic) bond motifs is 9. The van der Waals surface area contributed by atoms with Crippen molar-refractivity contribution in [3.8, 4) is 61.3 Å². The van der Waals surface area contributed by atoms with Crippen molar-refractivity contribution in [3.05, 3.63) is 479 Å². The van der Waals surface area contributed by atoms with E-state index in [0.717, 1.165) is 168 Å². The van der Waals surface area contributed by atoms with Crippen LogP contribution in [0.3, 0.4) is 0 Å². The summed E-state index contributed by atoms with van der Waals surface area (Å²) in [5.74, 6) is 0. The normalized spacial score (nSPS) is 11.3. The summed E-state index contributed by atoms with van der Waals surface area (Å²) in [5.41, 5.74) is 31.8. The lowest BCUT2D eigenvalue weighted by Gasteiger charge is -2.25. The Labute approximate surface area is 702 Å². The fourth-order valence-corrected chi connectivity index (χ4v) is 17.3. The molecule has 0 aliphatic carbocycles. The van der Waals surface area contributed by atoms with Gasteiger partial charge in [0, 0.05) is 117 Å². The fraction of sp³-hybridized carbons (Fsp3) is 0. The minimum absolute atomic E-state index is 0.883. The molecule has 3 heterocycles. The Morgan fingerprint density at radius 3 is 0.835 bits per heavy atom. The van der Waals surface area contributed by atoms with Gasteiger partial charge in [0.05, 0.1) is 11.0 Å². The van der Waals surface area contributed by atoms with E-state index >= 15 is 0 Å². The van der Waals surface area contributed by atoms with E-state index in [1.807, 2.05) is 12.1 Å². The number of hydrogen-bond donors (Lipinski definition) is 0. The second-order valence-corrected chi connectivity index (χ2v) is 30.3. The average molecular weight is 1550 g/mol. The number of aromatic nitrogens is 1. The summed E-state index contributed by atoms with van der Waals surface area (Å²) in [4.78, 5) is 9.18. The van der Waals surface area contributed by atoms with Gasteiger partial charge in [0.15, 0.2) is 0 Å². The van der Waals surface area contributed by atoms with Crippen molar-refractivity contribution in [2.75, 3.05) is 19.6 Å². The molecule has 0 saturated heterocycles. The zero-order valence-corrected chi connectivity index (χ0v) is 66.2. The molecular weight excluding hydrogens is 1470 g/mol. The molecule has 0 bridgehead atoms. The second kappa shape index (κ2) is 32.1. The molecule has 3 aromatic heterocycles. The number of nitrogens with zero attached hydrogens (tertiary/aromatic N) is 5. The van der Waals surface area contributed by atoms with E-state index in [1.54, 1.807) is 0 Å². The minimum Gasteiger partial charge on any atom is -0.456 e. The first kappa shape index (κ1) is 72.5. The van der Waals surface area contributed by atoms with Crippen LogP contribution in [0.15, 0.2) is 488 Å². The fourth-order valence-electron chi connectivity index (χ4n) is 17.3. The lowest BCUT2D eigenvalue weighted by molar-refractivity contribution is 0.669. The first-order valence-electron chi connectivity index (χ1n) is 41.1. The Morgan fingerprint density at radius 1 is 0.165 bits per heavy atom. The number of anilines is 12. The molecule has 0 fully saturated rings. The summed E-state index contributed by atoms with van der Waals surface area (Å²) in [6.45, 7) is 0. The molecule has 0 aliphatic rings. The Bertz CT molecular complexity index is 7220. The van der Waals surface area contributed by atoms with E-state index in [2.05, 4.69) is 491 Å². The average Bonchev–Trinajstić information content (AvgIpc) is 1.57. The van der Waals surface area contributed by atoms with Crippen molar-refractivity contribution < 1.29 is 8.83 Å². The molecular formula is C114H79N5O2. The van der Waals surface area contributed by atoms with Gasteiger partial charge in [-0.05, 0) is 245 Å². The first-order chi connectivity index (χ1) is 60.0. The van der Waals surface area contributed by atoms with Crippen LogP contribution < -0.4 is 19.6 Å². The number of benzene rings is 19. The molecule has 0 spiro atoms. The minimum atomic E-state index is 0.883. The Hall–Kier alpha value is -16.2. The van der Waals surface area contributed by atoms with Gasteiger partial charge in [0.1, 0.15) is 22.3 Å². The van der Waals surface area contributed by atoms with Gasteiger partial charge in [-0.25, -0.2) is 0 Å². The predicted octanol–water partition coefficient (Wildman–Crippen LogP) is 32.5. The molecule has 7 nitrogen and oxygen atoms in total. The maximum Gasteiger partial charge on any atom is 0.143 e. The van der Waals surface area contributed by atoms with Crippen LogP contribution >= 0.6 is 0 Å². The van der Waals surface area contributed by atoms with Crippen molar-refractivity contribution in [2.24, 2.45) is 0 Å². The molecule has 0 atom stereocenters. The zero-order chi connectivity index (χ0) is 80.4. The molecule has 22 aromatic rings. The molecule has 19 aromatic carbocycles. The number of hydrogen-bond acceptors (Lipinski definition) is 6. The molecule has 22 rings (SSSR count). The lowest BCUT2D eigenvalue weighted by Crippen LogP contribution is -2.09. The van der Waals surface area contributed by atoms with Crippen molar-refractivity contribution in [1.29, 1.82) is 0 Å². The van der Waals surface area contributed by atoms with E-state index in [-0.39, 0.29) is 0 Å². The topological polar surface area (TPSA) is 44.2 Å². The Kier molecular flexibility index (Phi) is 19.2. The molecule has 572 valence electrons.